The molecule has 3 nitrogen and oxygen atoms in total. The van der Waals surface area contributed by atoms with Crippen LogP contribution in [-0.2, 0) is 4.79 Å². The second-order valence-electron chi connectivity index (χ2n) is 5.22. The normalized spacial score (nSPS) is 12.9. The smallest absolute Gasteiger partial charge is 0.303 e. The van der Waals surface area contributed by atoms with E-state index in [4.69, 9.17) is 5.11 Å². The van der Waals surface area contributed by atoms with Gasteiger partial charge >= 0.3 is 5.97 Å². The molecule has 0 aliphatic carbocycles. The van der Waals surface area contributed by atoms with Gasteiger partial charge < -0.3 is 10.0 Å². The number of carboxylic acids is 1. The molecule has 1 N–H and O–H groups in total. The van der Waals surface area contributed by atoms with Crippen molar-refractivity contribution in [3.05, 3.63) is 0 Å². The van der Waals surface area contributed by atoms with Crippen LogP contribution in [0.3, 0.4) is 0 Å². The van der Waals surface area contributed by atoms with Crippen molar-refractivity contribution in [1.29, 1.82) is 0 Å². The average molecular weight is 257 g/mol. The van der Waals surface area contributed by atoms with Crippen molar-refractivity contribution in [3.8, 4) is 0 Å². The molecule has 0 aliphatic rings. The molecule has 0 bridgehead atoms. The van der Waals surface area contributed by atoms with Gasteiger partial charge in [-0.25, -0.2) is 0 Å². The molecule has 0 aromatic rings. The third-order valence-electron chi connectivity index (χ3n) is 3.40. The number of hydrogen-bond acceptors (Lipinski definition) is 2. The Labute approximate surface area is 113 Å². The maximum Gasteiger partial charge on any atom is 0.303 e. The van der Waals surface area contributed by atoms with Gasteiger partial charge in [0.2, 0.25) is 0 Å². The molecule has 0 fully saturated rings. The standard InChI is InChI=1S/C15H31NO2/c1-4-7-14(8-9-15(17)18)10-13-16(11-5-2)12-6-3/h14H,4-13H2,1-3H3,(H,17,18). The number of hydrogen-bond donors (Lipinski definition) is 1. The van der Waals surface area contributed by atoms with Gasteiger partial charge in [-0.1, -0.05) is 33.6 Å². The molecule has 3 heteroatoms. The van der Waals surface area contributed by atoms with E-state index in [-0.39, 0.29) is 0 Å². The van der Waals surface area contributed by atoms with E-state index in [1.165, 1.54) is 32.4 Å². The summed E-state index contributed by atoms with van der Waals surface area (Å²) < 4.78 is 0. The van der Waals surface area contributed by atoms with Crippen LogP contribution in [0.15, 0.2) is 0 Å². The van der Waals surface area contributed by atoms with Crippen LogP contribution in [0.1, 0.15) is 65.7 Å². The van der Waals surface area contributed by atoms with Crippen LogP contribution < -0.4 is 0 Å². The van der Waals surface area contributed by atoms with E-state index in [2.05, 4.69) is 25.7 Å². The van der Waals surface area contributed by atoms with Crippen LogP contribution in [-0.4, -0.2) is 35.6 Å². The molecule has 18 heavy (non-hydrogen) atoms. The SMILES string of the molecule is CCCC(CCC(=O)O)CCN(CCC)CCC. The van der Waals surface area contributed by atoms with Gasteiger partial charge in [-0.3, -0.25) is 4.79 Å². The van der Waals surface area contributed by atoms with Crippen LogP contribution in [0.4, 0.5) is 0 Å². The molecule has 0 heterocycles. The molecule has 0 aromatic heterocycles. The lowest BCUT2D eigenvalue weighted by Gasteiger charge is -2.24. The van der Waals surface area contributed by atoms with Gasteiger partial charge in [-0.05, 0) is 51.2 Å². The molecule has 0 aromatic carbocycles. The number of carbonyl (C=O) groups is 1. The maximum absolute atomic E-state index is 10.6. The average Bonchev–Trinajstić information content (AvgIpc) is 2.33. The van der Waals surface area contributed by atoms with E-state index >= 15 is 0 Å². The first-order valence-electron chi connectivity index (χ1n) is 7.58. The van der Waals surface area contributed by atoms with Crippen LogP contribution in [0.5, 0.6) is 0 Å². The number of nitrogens with zero attached hydrogens (tertiary/aromatic N) is 1. The molecule has 1 atom stereocenters. The van der Waals surface area contributed by atoms with E-state index in [1.807, 2.05) is 0 Å². The molecule has 0 saturated heterocycles. The van der Waals surface area contributed by atoms with Crippen molar-refractivity contribution in [1.82, 2.24) is 4.90 Å². The summed E-state index contributed by atoms with van der Waals surface area (Å²) in [6.07, 6.45) is 7.05. The van der Waals surface area contributed by atoms with Crippen molar-refractivity contribution in [3.63, 3.8) is 0 Å². The van der Waals surface area contributed by atoms with Crippen molar-refractivity contribution in [2.24, 2.45) is 5.92 Å². The summed E-state index contributed by atoms with van der Waals surface area (Å²) in [6, 6.07) is 0. The van der Waals surface area contributed by atoms with E-state index in [0.29, 0.717) is 12.3 Å². The highest BCUT2D eigenvalue weighted by molar-refractivity contribution is 5.66. The van der Waals surface area contributed by atoms with Crippen molar-refractivity contribution < 1.29 is 9.90 Å². The fourth-order valence-electron chi connectivity index (χ4n) is 2.50. The first-order chi connectivity index (χ1) is 8.63. The molecule has 0 rings (SSSR count). The van der Waals surface area contributed by atoms with Gasteiger partial charge in [0.05, 0.1) is 0 Å². The molecule has 0 amide bonds. The fraction of sp³-hybridized carbons (Fsp3) is 0.933. The van der Waals surface area contributed by atoms with Crippen LogP contribution in [0.25, 0.3) is 0 Å². The van der Waals surface area contributed by atoms with Crippen LogP contribution in [0, 0.1) is 5.92 Å². The third kappa shape index (κ3) is 9.46. The first kappa shape index (κ1) is 17.4. The largest absolute Gasteiger partial charge is 0.481 e. The third-order valence-corrected chi connectivity index (χ3v) is 3.40. The highest BCUT2D eigenvalue weighted by atomic mass is 16.4. The number of carboxylic acid groups (broad SMARTS) is 1. The summed E-state index contributed by atoms with van der Waals surface area (Å²) in [4.78, 5) is 13.2. The zero-order valence-electron chi connectivity index (χ0n) is 12.5. The quantitative estimate of drug-likeness (QED) is 0.578. The lowest BCUT2D eigenvalue weighted by Crippen LogP contribution is -2.28. The van der Waals surface area contributed by atoms with E-state index in [1.54, 1.807) is 0 Å². The molecule has 0 radical (unpaired) electrons. The Balaban J connectivity index is 4.00. The Morgan fingerprint density at radius 1 is 0.944 bits per heavy atom. The minimum Gasteiger partial charge on any atom is -0.481 e. The van der Waals surface area contributed by atoms with E-state index < -0.39 is 5.97 Å². The van der Waals surface area contributed by atoms with Crippen molar-refractivity contribution in [2.45, 2.75) is 65.7 Å². The van der Waals surface area contributed by atoms with Crippen LogP contribution >= 0.6 is 0 Å². The summed E-state index contributed by atoms with van der Waals surface area (Å²) in [7, 11) is 0. The van der Waals surface area contributed by atoms with Crippen LogP contribution in [0.2, 0.25) is 0 Å². The van der Waals surface area contributed by atoms with Gasteiger partial charge in [-0.2, -0.15) is 0 Å². The Morgan fingerprint density at radius 3 is 2.00 bits per heavy atom. The second-order valence-corrected chi connectivity index (χ2v) is 5.22. The highest BCUT2D eigenvalue weighted by Gasteiger charge is 2.12. The molecule has 0 spiro atoms. The Kier molecular flexibility index (Phi) is 11.2. The molecular formula is C15H31NO2. The molecular weight excluding hydrogens is 226 g/mol. The van der Waals surface area contributed by atoms with Gasteiger partial charge in [0.25, 0.3) is 0 Å². The summed E-state index contributed by atoms with van der Waals surface area (Å²) in [5.41, 5.74) is 0. The Bertz CT molecular complexity index is 201. The van der Waals surface area contributed by atoms with Gasteiger partial charge in [0.1, 0.15) is 0 Å². The topological polar surface area (TPSA) is 40.5 Å². The molecule has 108 valence electrons. The minimum absolute atomic E-state index is 0.326. The molecule has 0 saturated carbocycles. The lowest BCUT2D eigenvalue weighted by atomic mass is 9.94. The maximum atomic E-state index is 10.6. The highest BCUT2D eigenvalue weighted by Crippen LogP contribution is 2.18. The minimum atomic E-state index is -0.657. The van der Waals surface area contributed by atoms with E-state index in [9.17, 15) is 4.79 Å². The number of aliphatic carboxylic acids is 1. The predicted molar refractivity (Wildman–Crippen MR) is 76.9 cm³/mol. The Hall–Kier alpha value is -0.570. The molecule has 1 unspecified atom stereocenters. The van der Waals surface area contributed by atoms with Gasteiger partial charge in [0, 0.05) is 6.42 Å². The van der Waals surface area contributed by atoms with Gasteiger partial charge in [-0.15, -0.1) is 0 Å². The second kappa shape index (κ2) is 11.5. The van der Waals surface area contributed by atoms with Gasteiger partial charge in [0.15, 0.2) is 0 Å². The molecule has 0 aliphatic heterocycles. The lowest BCUT2D eigenvalue weighted by molar-refractivity contribution is -0.137. The van der Waals surface area contributed by atoms with Crippen molar-refractivity contribution >= 4 is 5.97 Å². The summed E-state index contributed by atoms with van der Waals surface area (Å²) in [5.74, 6) is -0.0719. The van der Waals surface area contributed by atoms with Crippen molar-refractivity contribution in [2.75, 3.05) is 19.6 Å². The zero-order valence-corrected chi connectivity index (χ0v) is 12.5. The Morgan fingerprint density at radius 2 is 1.56 bits per heavy atom. The fourth-order valence-corrected chi connectivity index (χ4v) is 2.50. The number of rotatable bonds is 12. The first-order valence-corrected chi connectivity index (χ1v) is 7.58. The zero-order chi connectivity index (χ0) is 13.8. The van der Waals surface area contributed by atoms with E-state index in [0.717, 1.165) is 25.8 Å². The monoisotopic (exact) mass is 257 g/mol. The summed E-state index contributed by atoms with van der Waals surface area (Å²) in [5, 5.41) is 8.77. The summed E-state index contributed by atoms with van der Waals surface area (Å²) >= 11 is 0. The summed E-state index contributed by atoms with van der Waals surface area (Å²) in [6.45, 7) is 10.1. The predicted octanol–water partition coefficient (Wildman–Crippen LogP) is 3.78.